The second-order valence-corrected chi connectivity index (χ2v) is 9.46. The molecule has 1 atom stereocenters. The number of benzene rings is 2. The molecule has 1 aromatic heterocycles. The average molecular weight is 444 g/mol. The van der Waals surface area contributed by atoms with Crippen LogP contribution < -0.4 is 9.62 Å². The molecule has 1 unspecified atom stereocenters. The summed E-state index contributed by atoms with van der Waals surface area (Å²) in [4.78, 5) is 4.67. The highest BCUT2D eigenvalue weighted by Gasteiger charge is 2.28. The first-order chi connectivity index (χ1) is 14.9. The molecular weight excluding hydrogens is 417 g/mol. The van der Waals surface area contributed by atoms with Gasteiger partial charge in [0.15, 0.2) is 0 Å². The summed E-state index contributed by atoms with van der Waals surface area (Å²) in [6, 6.07) is 16.8. The van der Waals surface area contributed by atoms with Crippen LogP contribution in [-0.2, 0) is 10.0 Å². The topological polar surface area (TPSA) is 65.8 Å². The van der Waals surface area contributed by atoms with Crippen molar-refractivity contribution in [3.8, 4) is 0 Å². The van der Waals surface area contributed by atoms with Gasteiger partial charge in [-0.15, -0.1) is 0 Å². The molecule has 0 amide bonds. The Balaban J connectivity index is 1.44. The summed E-state index contributed by atoms with van der Waals surface area (Å²) in [6.07, 6.45) is 1.60. The van der Waals surface area contributed by atoms with E-state index in [1.807, 2.05) is 19.1 Å². The van der Waals surface area contributed by atoms with Crippen molar-refractivity contribution in [2.24, 2.45) is 0 Å². The van der Waals surface area contributed by atoms with Gasteiger partial charge in [0.05, 0.1) is 17.2 Å². The number of nitrogens with one attached hydrogen (secondary N) is 1. The summed E-state index contributed by atoms with van der Waals surface area (Å²) in [7, 11) is -3.62. The number of piperazine rings is 1. The Morgan fingerprint density at radius 3 is 2.29 bits per heavy atom. The summed E-state index contributed by atoms with van der Waals surface area (Å²) >= 11 is 0. The van der Waals surface area contributed by atoms with Gasteiger partial charge in [0.1, 0.15) is 11.6 Å². The van der Waals surface area contributed by atoms with Gasteiger partial charge in [-0.1, -0.05) is 17.7 Å². The van der Waals surface area contributed by atoms with E-state index >= 15 is 0 Å². The summed E-state index contributed by atoms with van der Waals surface area (Å²) in [5, 5.41) is 0. The normalized spacial score (nSPS) is 16.4. The Kier molecular flexibility index (Phi) is 6.41. The lowest BCUT2D eigenvalue weighted by Gasteiger charge is -2.39. The molecule has 0 spiro atoms. The Morgan fingerprint density at radius 1 is 1.00 bits per heavy atom. The minimum absolute atomic E-state index is 0.209. The number of furan rings is 1. The maximum Gasteiger partial charge on any atom is 0.240 e. The maximum absolute atomic E-state index is 13.2. The highest BCUT2D eigenvalue weighted by Crippen LogP contribution is 2.25. The van der Waals surface area contributed by atoms with Crippen molar-refractivity contribution in [1.82, 2.24) is 9.62 Å². The van der Waals surface area contributed by atoms with Crippen molar-refractivity contribution in [2.75, 3.05) is 37.6 Å². The van der Waals surface area contributed by atoms with Gasteiger partial charge >= 0.3 is 0 Å². The third kappa shape index (κ3) is 5.15. The molecule has 0 aliphatic carbocycles. The number of hydrogen-bond acceptors (Lipinski definition) is 5. The van der Waals surface area contributed by atoms with E-state index in [0.717, 1.165) is 43.2 Å². The zero-order valence-electron chi connectivity index (χ0n) is 17.4. The predicted molar refractivity (Wildman–Crippen MR) is 118 cm³/mol. The molecule has 2 aromatic carbocycles. The minimum atomic E-state index is -3.62. The summed E-state index contributed by atoms with van der Waals surface area (Å²) in [6.45, 7) is 5.10. The molecule has 1 aliphatic heterocycles. The van der Waals surface area contributed by atoms with Crippen molar-refractivity contribution in [3.05, 3.63) is 84.1 Å². The average Bonchev–Trinajstić information content (AvgIpc) is 3.30. The van der Waals surface area contributed by atoms with Gasteiger partial charge in [-0.3, -0.25) is 4.90 Å². The number of aryl methyl sites for hydroxylation is 1. The molecule has 8 heteroatoms. The van der Waals surface area contributed by atoms with Crippen molar-refractivity contribution in [3.63, 3.8) is 0 Å². The number of halogens is 1. The third-order valence-electron chi connectivity index (χ3n) is 5.62. The lowest BCUT2D eigenvalue weighted by atomic mass is 10.1. The summed E-state index contributed by atoms with van der Waals surface area (Å²) in [5.74, 6) is 0.475. The number of hydrogen-bond donors (Lipinski definition) is 1. The molecule has 6 nitrogen and oxygen atoms in total. The molecular formula is C23H26FN3O3S. The van der Waals surface area contributed by atoms with Crippen molar-refractivity contribution in [1.29, 1.82) is 0 Å². The number of anilines is 1. The highest BCUT2D eigenvalue weighted by atomic mass is 32.2. The lowest BCUT2D eigenvalue weighted by molar-refractivity contribution is 0.166. The van der Waals surface area contributed by atoms with E-state index in [4.69, 9.17) is 4.42 Å². The molecule has 3 aromatic rings. The Labute approximate surface area is 182 Å². The quantitative estimate of drug-likeness (QED) is 0.605. The van der Waals surface area contributed by atoms with E-state index < -0.39 is 10.0 Å². The Bertz CT molecular complexity index is 1080. The van der Waals surface area contributed by atoms with Gasteiger partial charge in [0.25, 0.3) is 0 Å². The lowest BCUT2D eigenvalue weighted by Crippen LogP contribution is -2.49. The Morgan fingerprint density at radius 2 is 1.68 bits per heavy atom. The molecule has 2 heterocycles. The van der Waals surface area contributed by atoms with E-state index in [0.29, 0.717) is 0 Å². The second kappa shape index (κ2) is 9.21. The Hall–Kier alpha value is -2.68. The SMILES string of the molecule is Cc1ccc(S(=O)(=O)NCC(c2ccco2)N2CCN(c3ccc(F)cc3)CC2)cc1. The zero-order chi connectivity index (χ0) is 21.8. The fourth-order valence-electron chi connectivity index (χ4n) is 3.82. The molecule has 0 radical (unpaired) electrons. The van der Waals surface area contributed by atoms with Gasteiger partial charge in [-0.25, -0.2) is 17.5 Å². The van der Waals surface area contributed by atoms with Crippen molar-refractivity contribution in [2.45, 2.75) is 17.9 Å². The van der Waals surface area contributed by atoms with Crippen LogP contribution in [0, 0.1) is 12.7 Å². The standard InChI is InChI=1S/C23H26FN3O3S/c1-18-4-10-21(11-5-18)31(28,29)25-17-22(23-3-2-16-30-23)27-14-12-26(13-15-27)20-8-6-19(24)7-9-20/h2-11,16,22,25H,12-15,17H2,1H3. The smallest absolute Gasteiger partial charge is 0.240 e. The number of sulfonamides is 1. The van der Waals surface area contributed by atoms with Gasteiger partial charge in [0.2, 0.25) is 10.0 Å². The fourth-order valence-corrected chi connectivity index (χ4v) is 4.86. The molecule has 1 N–H and O–H groups in total. The van der Waals surface area contributed by atoms with Crippen LogP contribution in [0.2, 0.25) is 0 Å². The van der Waals surface area contributed by atoms with Gasteiger partial charge in [-0.2, -0.15) is 0 Å². The van der Waals surface area contributed by atoms with Gasteiger partial charge < -0.3 is 9.32 Å². The molecule has 1 aliphatic rings. The van der Waals surface area contributed by atoms with E-state index in [2.05, 4.69) is 14.5 Å². The number of nitrogens with zero attached hydrogens (tertiary/aromatic N) is 2. The van der Waals surface area contributed by atoms with E-state index in [1.165, 1.54) is 12.1 Å². The van der Waals surface area contributed by atoms with Crippen LogP contribution in [0.25, 0.3) is 0 Å². The molecule has 0 bridgehead atoms. The molecule has 4 rings (SSSR count). The van der Waals surface area contributed by atoms with E-state index in [9.17, 15) is 12.8 Å². The monoisotopic (exact) mass is 443 g/mol. The van der Waals surface area contributed by atoms with Crippen molar-refractivity contribution >= 4 is 15.7 Å². The molecule has 1 saturated heterocycles. The predicted octanol–water partition coefficient (Wildman–Crippen LogP) is 3.57. The van der Waals surface area contributed by atoms with Crippen LogP contribution >= 0.6 is 0 Å². The fraction of sp³-hybridized carbons (Fsp3) is 0.304. The second-order valence-electron chi connectivity index (χ2n) is 7.70. The molecule has 0 saturated carbocycles. The third-order valence-corrected chi connectivity index (χ3v) is 7.06. The van der Waals surface area contributed by atoms with E-state index in [-0.39, 0.29) is 23.3 Å². The summed E-state index contributed by atoms with van der Waals surface area (Å²) < 4.78 is 47.1. The van der Waals surface area contributed by atoms with Gasteiger partial charge in [-0.05, 0) is 55.5 Å². The number of rotatable bonds is 7. The molecule has 164 valence electrons. The van der Waals surface area contributed by atoms with Crippen LogP contribution in [0.15, 0.2) is 76.2 Å². The molecule has 1 fully saturated rings. The molecule has 31 heavy (non-hydrogen) atoms. The first-order valence-electron chi connectivity index (χ1n) is 10.3. The van der Waals surface area contributed by atoms with Crippen LogP contribution in [0.5, 0.6) is 0 Å². The summed E-state index contributed by atoms with van der Waals surface area (Å²) in [5.41, 5.74) is 1.99. The largest absolute Gasteiger partial charge is 0.468 e. The van der Waals surface area contributed by atoms with Crippen LogP contribution in [0.4, 0.5) is 10.1 Å². The first kappa shape index (κ1) is 21.5. The minimum Gasteiger partial charge on any atom is -0.468 e. The van der Waals surface area contributed by atoms with E-state index in [1.54, 1.807) is 42.7 Å². The van der Waals surface area contributed by atoms with Crippen LogP contribution in [0.3, 0.4) is 0 Å². The van der Waals surface area contributed by atoms with Crippen LogP contribution in [-0.4, -0.2) is 46.0 Å². The van der Waals surface area contributed by atoms with Gasteiger partial charge in [0, 0.05) is 38.4 Å². The van der Waals surface area contributed by atoms with Crippen LogP contribution in [0.1, 0.15) is 17.4 Å². The zero-order valence-corrected chi connectivity index (χ0v) is 18.2. The first-order valence-corrected chi connectivity index (χ1v) is 11.7. The highest BCUT2D eigenvalue weighted by molar-refractivity contribution is 7.89. The van der Waals surface area contributed by atoms with Crippen molar-refractivity contribution < 1.29 is 17.2 Å². The maximum atomic E-state index is 13.2.